The van der Waals surface area contributed by atoms with Crippen LogP contribution in [0.5, 0.6) is 0 Å². The summed E-state index contributed by atoms with van der Waals surface area (Å²) < 4.78 is 5.77. The maximum atomic E-state index is 5.77. The van der Waals surface area contributed by atoms with Crippen molar-refractivity contribution in [3.8, 4) is 0 Å². The topological polar surface area (TPSA) is 41.8 Å². The molecule has 92 valence electrons. The monoisotopic (exact) mass is 248 g/mol. The Bertz CT molecular complexity index is 824. The van der Waals surface area contributed by atoms with Crippen LogP contribution in [-0.2, 0) is 6.42 Å². The maximum Gasteiger partial charge on any atom is 0.199 e. The molecule has 2 heterocycles. The molecule has 0 amide bonds. The van der Waals surface area contributed by atoms with Gasteiger partial charge >= 0.3 is 0 Å². The number of hydrogen-bond acceptors (Lipinski definition) is 2. The Morgan fingerprint density at radius 1 is 1.00 bits per heavy atom. The molecule has 4 rings (SSSR count). The lowest BCUT2D eigenvalue weighted by Gasteiger charge is -1.94. The Hall–Kier alpha value is -2.55. The molecule has 4 aromatic rings. The van der Waals surface area contributed by atoms with E-state index in [2.05, 4.69) is 22.1 Å². The standard InChI is InChI=1S/C16H12N2O/c1-2-6-13-12(5-1)11(10-17-13)9-16-18-14-7-3-4-8-15(14)19-16/h1-8,10,17H,9H2. The average molecular weight is 248 g/mol. The highest BCUT2D eigenvalue weighted by Crippen LogP contribution is 2.22. The summed E-state index contributed by atoms with van der Waals surface area (Å²) in [4.78, 5) is 7.79. The van der Waals surface area contributed by atoms with Crippen LogP contribution in [0.4, 0.5) is 0 Å². The Kier molecular flexibility index (Phi) is 2.18. The van der Waals surface area contributed by atoms with Crippen LogP contribution in [0.15, 0.2) is 59.1 Å². The first-order valence-electron chi connectivity index (χ1n) is 6.29. The van der Waals surface area contributed by atoms with Gasteiger partial charge in [-0.3, -0.25) is 0 Å². The normalized spacial score (nSPS) is 11.4. The minimum absolute atomic E-state index is 0.707. The van der Waals surface area contributed by atoms with E-state index >= 15 is 0 Å². The summed E-state index contributed by atoms with van der Waals surface area (Å²) in [5.41, 5.74) is 4.12. The fraction of sp³-hybridized carbons (Fsp3) is 0.0625. The molecule has 0 fully saturated rings. The number of oxazole rings is 1. The molecule has 2 aromatic heterocycles. The highest BCUT2D eigenvalue weighted by molar-refractivity contribution is 5.83. The molecule has 19 heavy (non-hydrogen) atoms. The van der Waals surface area contributed by atoms with Crippen molar-refractivity contribution in [2.75, 3.05) is 0 Å². The number of aromatic amines is 1. The first kappa shape index (κ1) is 10.4. The molecule has 0 aliphatic heterocycles. The van der Waals surface area contributed by atoms with Crippen LogP contribution < -0.4 is 0 Å². The number of para-hydroxylation sites is 3. The molecule has 1 N–H and O–H groups in total. The number of fused-ring (bicyclic) bond motifs is 2. The molecule has 3 nitrogen and oxygen atoms in total. The minimum Gasteiger partial charge on any atom is -0.440 e. The van der Waals surface area contributed by atoms with E-state index in [1.807, 2.05) is 42.6 Å². The molecule has 0 aliphatic rings. The number of aromatic nitrogens is 2. The van der Waals surface area contributed by atoms with Crippen molar-refractivity contribution >= 4 is 22.0 Å². The third kappa shape index (κ3) is 1.71. The molecule has 0 saturated heterocycles. The molecule has 0 radical (unpaired) electrons. The zero-order valence-corrected chi connectivity index (χ0v) is 10.3. The van der Waals surface area contributed by atoms with Crippen LogP contribution in [-0.4, -0.2) is 9.97 Å². The Balaban J connectivity index is 1.78. The van der Waals surface area contributed by atoms with Gasteiger partial charge in [0.05, 0.1) is 6.42 Å². The van der Waals surface area contributed by atoms with E-state index < -0.39 is 0 Å². The van der Waals surface area contributed by atoms with Gasteiger partial charge < -0.3 is 9.40 Å². The summed E-state index contributed by atoms with van der Waals surface area (Å²) >= 11 is 0. The molecular weight excluding hydrogens is 236 g/mol. The van der Waals surface area contributed by atoms with Gasteiger partial charge in [-0.15, -0.1) is 0 Å². The van der Waals surface area contributed by atoms with E-state index in [-0.39, 0.29) is 0 Å². The quantitative estimate of drug-likeness (QED) is 0.584. The van der Waals surface area contributed by atoms with Crippen LogP contribution in [0.3, 0.4) is 0 Å². The van der Waals surface area contributed by atoms with Crippen LogP contribution in [0, 0.1) is 0 Å². The molecule has 0 aliphatic carbocycles. The largest absolute Gasteiger partial charge is 0.440 e. The zero-order chi connectivity index (χ0) is 12.7. The van der Waals surface area contributed by atoms with E-state index in [0.717, 1.165) is 22.5 Å². The maximum absolute atomic E-state index is 5.77. The summed E-state index contributed by atoms with van der Waals surface area (Å²) in [6.07, 6.45) is 2.73. The predicted octanol–water partition coefficient (Wildman–Crippen LogP) is 3.90. The highest BCUT2D eigenvalue weighted by Gasteiger charge is 2.09. The van der Waals surface area contributed by atoms with Crippen molar-refractivity contribution in [3.05, 3.63) is 66.2 Å². The van der Waals surface area contributed by atoms with Crippen LogP contribution in [0.2, 0.25) is 0 Å². The second-order valence-corrected chi connectivity index (χ2v) is 4.61. The van der Waals surface area contributed by atoms with Crippen molar-refractivity contribution in [2.45, 2.75) is 6.42 Å². The van der Waals surface area contributed by atoms with Crippen molar-refractivity contribution in [1.29, 1.82) is 0 Å². The fourth-order valence-corrected chi connectivity index (χ4v) is 2.44. The third-order valence-corrected chi connectivity index (χ3v) is 3.35. The predicted molar refractivity (Wildman–Crippen MR) is 75.1 cm³/mol. The van der Waals surface area contributed by atoms with Gasteiger partial charge in [-0.1, -0.05) is 30.3 Å². The van der Waals surface area contributed by atoms with Gasteiger partial charge in [-0.05, 0) is 23.8 Å². The van der Waals surface area contributed by atoms with E-state index in [1.54, 1.807) is 0 Å². The van der Waals surface area contributed by atoms with E-state index in [1.165, 1.54) is 10.9 Å². The second-order valence-electron chi connectivity index (χ2n) is 4.61. The van der Waals surface area contributed by atoms with Crippen LogP contribution in [0.1, 0.15) is 11.5 Å². The first-order chi connectivity index (χ1) is 9.40. The van der Waals surface area contributed by atoms with Crippen molar-refractivity contribution in [3.63, 3.8) is 0 Å². The summed E-state index contributed by atoms with van der Waals surface area (Å²) in [6.45, 7) is 0. The van der Waals surface area contributed by atoms with E-state index in [4.69, 9.17) is 4.42 Å². The van der Waals surface area contributed by atoms with E-state index in [0.29, 0.717) is 6.42 Å². The average Bonchev–Trinajstić information content (AvgIpc) is 3.03. The zero-order valence-electron chi connectivity index (χ0n) is 10.3. The Labute approximate surface area is 109 Å². The molecule has 0 bridgehead atoms. The lowest BCUT2D eigenvalue weighted by Crippen LogP contribution is -1.85. The van der Waals surface area contributed by atoms with E-state index in [9.17, 15) is 0 Å². The van der Waals surface area contributed by atoms with Gasteiger partial charge in [0.25, 0.3) is 0 Å². The lowest BCUT2D eigenvalue weighted by molar-refractivity contribution is 0.544. The smallest absolute Gasteiger partial charge is 0.199 e. The second kappa shape index (κ2) is 3.99. The number of rotatable bonds is 2. The third-order valence-electron chi connectivity index (χ3n) is 3.35. The van der Waals surface area contributed by atoms with Gasteiger partial charge in [-0.2, -0.15) is 0 Å². The molecule has 3 heteroatoms. The molecule has 0 unspecified atom stereocenters. The summed E-state index contributed by atoms with van der Waals surface area (Å²) in [5, 5.41) is 1.23. The van der Waals surface area contributed by atoms with Gasteiger partial charge in [-0.25, -0.2) is 4.98 Å². The summed E-state index contributed by atoms with van der Waals surface area (Å²) in [6, 6.07) is 16.1. The van der Waals surface area contributed by atoms with Gasteiger partial charge in [0.1, 0.15) is 5.52 Å². The van der Waals surface area contributed by atoms with Gasteiger partial charge in [0.2, 0.25) is 0 Å². The SMILES string of the molecule is c1ccc2oc(Cc3c[nH]c4ccccc34)nc2c1. The molecule has 0 saturated carbocycles. The number of H-pyrrole nitrogens is 1. The fourth-order valence-electron chi connectivity index (χ4n) is 2.44. The van der Waals surface area contributed by atoms with Crippen molar-refractivity contribution in [1.82, 2.24) is 9.97 Å². The summed E-state index contributed by atoms with van der Waals surface area (Å²) in [5.74, 6) is 0.756. The number of hydrogen-bond donors (Lipinski definition) is 1. The van der Waals surface area contributed by atoms with Crippen molar-refractivity contribution in [2.24, 2.45) is 0 Å². The molecular formula is C16H12N2O. The molecule has 2 aromatic carbocycles. The lowest BCUT2D eigenvalue weighted by atomic mass is 10.1. The first-order valence-corrected chi connectivity index (χ1v) is 6.29. The Morgan fingerprint density at radius 2 is 1.84 bits per heavy atom. The van der Waals surface area contributed by atoms with Gasteiger partial charge in [0, 0.05) is 17.1 Å². The summed E-state index contributed by atoms with van der Waals surface area (Å²) in [7, 11) is 0. The number of benzene rings is 2. The Morgan fingerprint density at radius 3 is 2.79 bits per heavy atom. The van der Waals surface area contributed by atoms with Crippen molar-refractivity contribution < 1.29 is 4.42 Å². The highest BCUT2D eigenvalue weighted by atomic mass is 16.3. The van der Waals surface area contributed by atoms with Crippen LogP contribution in [0.25, 0.3) is 22.0 Å². The molecule has 0 spiro atoms. The van der Waals surface area contributed by atoms with Crippen LogP contribution >= 0.6 is 0 Å². The number of nitrogens with zero attached hydrogens (tertiary/aromatic N) is 1. The molecule has 0 atom stereocenters. The van der Waals surface area contributed by atoms with Gasteiger partial charge in [0.15, 0.2) is 11.5 Å². The number of nitrogens with one attached hydrogen (secondary N) is 1. The minimum atomic E-state index is 0.707.